The van der Waals surface area contributed by atoms with Gasteiger partial charge < -0.3 is 0 Å². The predicted molar refractivity (Wildman–Crippen MR) is 102 cm³/mol. The first-order valence-corrected chi connectivity index (χ1v) is 8.75. The van der Waals surface area contributed by atoms with E-state index in [2.05, 4.69) is 15.4 Å². The second-order valence-corrected chi connectivity index (χ2v) is 6.86. The van der Waals surface area contributed by atoms with Crippen molar-refractivity contribution in [1.82, 2.24) is 14.6 Å². The number of rotatable bonds is 3. The molecule has 3 heterocycles. The van der Waals surface area contributed by atoms with Crippen molar-refractivity contribution in [2.24, 2.45) is 0 Å². The zero-order valence-corrected chi connectivity index (χ0v) is 14.7. The Bertz CT molecular complexity index is 1150. The maximum absolute atomic E-state index is 13.0. The molecular weight excluding hydrogens is 348 g/mol. The number of hydrogen-bond acceptors (Lipinski definition) is 5. The molecule has 0 saturated carbocycles. The monoisotopic (exact) mass is 362 g/mol. The summed E-state index contributed by atoms with van der Waals surface area (Å²) < 4.78 is 1.11. The van der Waals surface area contributed by atoms with E-state index in [1.54, 1.807) is 18.2 Å². The second-order valence-electron chi connectivity index (χ2n) is 5.66. The number of pyridine rings is 1. The van der Waals surface area contributed by atoms with Crippen LogP contribution in [0.2, 0.25) is 0 Å². The lowest BCUT2D eigenvalue weighted by Gasteiger charge is -2.08. The van der Waals surface area contributed by atoms with Gasteiger partial charge in [-0.25, -0.2) is 9.66 Å². The lowest BCUT2D eigenvalue weighted by atomic mass is 10.0. The fraction of sp³-hybridized carbons (Fsp3) is 0.0526. The van der Waals surface area contributed by atoms with E-state index < -0.39 is 5.91 Å². The summed E-state index contributed by atoms with van der Waals surface area (Å²) in [5, 5.41) is 0.502. The molecule has 0 radical (unpaired) electrons. The molecule has 4 aromatic rings. The van der Waals surface area contributed by atoms with Gasteiger partial charge in [-0.2, -0.15) is 0 Å². The molecule has 0 aliphatic heterocycles. The highest BCUT2D eigenvalue weighted by Crippen LogP contribution is 2.35. The van der Waals surface area contributed by atoms with Crippen molar-refractivity contribution in [2.45, 2.75) is 6.92 Å². The molecular formula is C19H14N4O2S. The quantitative estimate of drug-likeness (QED) is 0.607. The molecule has 0 bridgehead atoms. The number of benzene rings is 1. The number of aryl methyl sites for hydroxylation is 1. The van der Waals surface area contributed by atoms with Crippen molar-refractivity contribution in [3.63, 3.8) is 0 Å². The Morgan fingerprint density at radius 2 is 1.85 bits per heavy atom. The highest BCUT2D eigenvalue weighted by Gasteiger charge is 2.18. The van der Waals surface area contributed by atoms with Gasteiger partial charge in [-0.05, 0) is 24.6 Å². The molecule has 4 rings (SSSR count). The summed E-state index contributed by atoms with van der Waals surface area (Å²) in [6.07, 6.45) is 2.85. The third-order valence-electron chi connectivity index (χ3n) is 3.97. The van der Waals surface area contributed by atoms with Crippen molar-refractivity contribution >= 4 is 27.5 Å². The summed E-state index contributed by atoms with van der Waals surface area (Å²) in [6, 6.07) is 14.7. The molecule has 0 atom stereocenters. The summed E-state index contributed by atoms with van der Waals surface area (Å²) >= 11 is 1.46. The minimum atomic E-state index is -0.470. The molecule has 0 unspecified atom stereocenters. The van der Waals surface area contributed by atoms with Crippen LogP contribution in [0.3, 0.4) is 0 Å². The normalized spacial score (nSPS) is 10.8. The number of amides is 1. The average Bonchev–Trinajstić information content (AvgIpc) is 3.02. The van der Waals surface area contributed by atoms with Crippen LogP contribution in [0.1, 0.15) is 15.4 Å². The molecule has 0 aliphatic carbocycles. The van der Waals surface area contributed by atoms with Gasteiger partial charge in [0.25, 0.3) is 11.5 Å². The smallest absolute Gasteiger partial charge is 0.267 e. The number of nitrogens with one attached hydrogen (secondary N) is 1. The molecule has 3 aromatic heterocycles. The SMILES string of the molecule is Cc1sc2ncn(NC(=O)c3ccccn3)c(=O)c2c1-c1ccccc1. The number of fused-ring (bicyclic) bond motifs is 1. The van der Waals surface area contributed by atoms with Gasteiger partial charge in [0.05, 0.1) is 5.39 Å². The summed E-state index contributed by atoms with van der Waals surface area (Å²) in [5.74, 6) is -0.470. The van der Waals surface area contributed by atoms with E-state index in [4.69, 9.17) is 0 Å². The van der Waals surface area contributed by atoms with Crippen molar-refractivity contribution in [2.75, 3.05) is 5.43 Å². The molecule has 1 N–H and O–H groups in total. The van der Waals surface area contributed by atoms with Crippen molar-refractivity contribution in [1.29, 1.82) is 0 Å². The Morgan fingerprint density at radius 3 is 2.58 bits per heavy atom. The Morgan fingerprint density at radius 1 is 1.08 bits per heavy atom. The third-order valence-corrected chi connectivity index (χ3v) is 4.98. The predicted octanol–water partition coefficient (Wildman–Crippen LogP) is 3.21. The largest absolute Gasteiger partial charge is 0.288 e. The van der Waals surface area contributed by atoms with Crippen molar-refractivity contribution in [3.8, 4) is 11.1 Å². The highest BCUT2D eigenvalue weighted by atomic mass is 32.1. The van der Waals surface area contributed by atoms with Crippen LogP contribution in [-0.4, -0.2) is 20.6 Å². The van der Waals surface area contributed by atoms with Crippen LogP contribution in [0, 0.1) is 6.92 Å². The average molecular weight is 362 g/mol. The zero-order valence-electron chi connectivity index (χ0n) is 13.8. The van der Waals surface area contributed by atoms with Crippen LogP contribution in [0.5, 0.6) is 0 Å². The molecule has 26 heavy (non-hydrogen) atoms. The van der Waals surface area contributed by atoms with Gasteiger partial charge in [-0.1, -0.05) is 36.4 Å². The molecule has 6 nitrogen and oxygen atoms in total. The van der Waals surface area contributed by atoms with Gasteiger partial charge in [-0.3, -0.25) is 20.0 Å². The Kier molecular flexibility index (Phi) is 4.06. The summed E-state index contributed by atoms with van der Waals surface area (Å²) in [5.41, 5.74) is 4.26. The van der Waals surface area contributed by atoms with E-state index in [-0.39, 0.29) is 11.3 Å². The van der Waals surface area contributed by atoms with Gasteiger partial charge in [0.2, 0.25) is 0 Å². The molecule has 0 spiro atoms. The van der Waals surface area contributed by atoms with Crippen LogP contribution >= 0.6 is 11.3 Å². The lowest BCUT2D eigenvalue weighted by molar-refractivity contribution is 0.100. The van der Waals surface area contributed by atoms with Crippen LogP contribution in [0.15, 0.2) is 65.8 Å². The standard InChI is InChI=1S/C19H14N4O2S/c1-12-15(13-7-3-2-4-8-13)16-18(26-12)21-11-23(19(16)25)22-17(24)14-9-5-6-10-20-14/h2-11H,1H3,(H,22,24). The number of aromatic nitrogens is 3. The summed E-state index contributed by atoms with van der Waals surface area (Å²) in [7, 11) is 0. The maximum atomic E-state index is 13.0. The van der Waals surface area contributed by atoms with Crippen LogP contribution < -0.4 is 11.0 Å². The van der Waals surface area contributed by atoms with Crippen LogP contribution in [-0.2, 0) is 0 Å². The number of carbonyl (C=O) groups excluding carboxylic acids is 1. The molecule has 7 heteroatoms. The topological polar surface area (TPSA) is 76.9 Å². The van der Waals surface area contributed by atoms with Gasteiger partial charge in [0, 0.05) is 16.6 Å². The van der Waals surface area contributed by atoms with Gasteiger partial charge in [-0.15, -0.1) is 11.3 Å². The van der Waals surface area contributed by atoms with E-state index in [0.29, 0.717) is 10.2 Å². The fourth-order valence-corrected chi connectivity index (χ4v) is 3.80. The first kappa shape index (κ1) is 16.2. The Hall–Kier alpha value is -3.32. The summed E-state index contributed by atoms with van der Waals surface area (Å²) in [6.45, 7) is 1.96. The molecule has 1 aromatic carbocycles. The van der Waals surface area contributed by atoms with E-state index >= 15 is 0 Å². The van der Waals surface area contributed by atoms with Crippen molar-refractivity contribution in [3.05, 3.63) is 82.0 Å². The number of hydrogen-bond donors (Lipinski definition) is 1. The van der Waals surface area contributed by atoms with Gasteiger partial charge in [0.1, 0.15) is 16.9 Å². The summed E-state index contributed by atoms with van der Waals surface area (Å²) in [4.78, 5) is 35.3. The number of carbonyl (C=O) groups is 1. The zero-order chi connectivity index (χ0) is 18.1. The van der Waals surface area contributed by atoms with Crippen LogP contribution in [0.25, 0.3) is 21.3 Å². The van der Waals surface area contributed by atoms with Gasteiger partial charge >= 0.3 is 0 Å². The maximum Gasteiger partial charge on any atom is 0.288 e. The van der Waals surface area contributed by atoms with E-state index in [1.165, 1.54) is 23.9 Å². The first-order valence-electron chi connectivity index (χ1n) is 7.93. The Labute approximate surface area is 152 Å². The minimum absolute atomic E-state index is 0.226. The lowest BCUT2D eigenvalue weighted by Crippen LogP contribution is -2.33. The minimum Gasteiger partial charge on any atom is -0.267 e. The van der Waals surface area contributed by atoms with E-state index in [0.717, 1.165) is 20.7 Å². The van der Waals surface area contributed by atoms with E-state index in [9.17, 15) is 9.59 Å². The fourth-order valence-electron chi connectivity index (χ4n) is 2.80. The highest BCUT2D eigenvalue weighted by molar-refractivity contribution is 7.19. The molecule has 0 saturated heterocycles. The Balaban J connectivity index is 1.82. The molecule has 128 valence electrons. The number of nitrogens with zero attached hydrogens (tertiary/aromatic N) is 3. The first-order chi connectivity index (χ1) is 12.6. The van der Waals surface area contributed by atoms with Gasteiger partial charge in [0.15, 0.2) is 0 Å². The molecule has 0 fully saturated rings. The molecule has 1 amide bonds. The van der Waals surface area contributed by atoms with Crippen LogP contribution in [0.4, 0.5) is 0 Å². The van der Waals surface area contributed by atoms with E-state index in [1.807, 2.05) is 37.3 Å². The second kappa shape index (κ2) is 6.53. The molecule has 0 aliphatic rings. The van der Waals surface area contributed by atoms with Crippen molar-refractivity contribution < 1.29 is 4.79 Å². The number of thiophene rings is 1. The third kappa shape index (κ3) is 2.78.